The normalized spacial score (nSPS) is 11.1. The second-order valence-electron chi connectivity index (χ2n) is 7.46. The molecule has 0 spiro atoms. The lowest BCUT2D eigenvalue weighted by Gasteiger charge is -2.23. The number of nitrogens with one attached hydrogen (secondary N) is 1. The summed E-state index contributed by atoms with van der Waals surface area (Å²) < 4.78 is 38.5. The summed E-state index contributed by atoms with van der Waals surface area (Å²) in [4.78, 5) is 28.6. The number of carbonyl (C=O) groups excluding carboxylic acids is 2. The van der Waals surface area contributed by atoms with Crippen LogP contribution in [0.25, 0.3) is 10.2 Å². The third-order valence-corrected chi connectivity index (χ3v) is 7.87. The summed E-state index contributed by atoms with van der Waals surface area (Å²) in [5, 5.41) is 3.02. The molecule has 1 aromatic heterocycles. The van der Waals surface area contributed by atoms with Gasteiger partial charge in [0.15, 0.2) is 18.3 Å². The second-order valence-corrected chi connectivity index (χ2v) is 10.4. The number of anilines is 2. The fraction of sp³-hybridized carbons (Fsp3) is 0.160. The van der Waals surface area contributed by atoms with Crippen LogP contribution in [0, 0.1) is 0 Å². The number of fused-ring (bicyclic) bond motifs is 1. The van der Waals surface area contributed by atoms with Crippen LogP contribution < -0.4 is 14.4 Å². The predicted octanol–water partition coefficient (Wildman–Crippen LogP) is 4.07. The van der Waals surface area contributed by atoms with Crippen LogP contribution in [0.5, 0.6) is 5.75 Å². The van der Waals surface area contributed by atoms with Crippen molar-refractivity contribution < 1.29 is 27.5 Å². The smallest absolute Gasteiger partial charge is 0.344 e. The minimum absolute atomic E-state index is 0.196. The molecule has 1 N–H and O–H groups in total. The molecule has 0 aliphatic carbocycles. The molecule has 36 heavy (non-hydrogen) atoms. The molecular formula is C25H23N3O6S2. The van der Waals surface area contributed by atoms with E-state index in [0.29, 0.717) is 16.6 Å². The number of carbonyl (C=O) groups is 2. The number of hydrogen-bond acceptors (Lipinski definition) is 8. The molecule has 1 amide bonds. The van der Waals surface area contributed by atoms with Gasteiger partial charge in [-0.2, -0.15) is 0 Å². The van der Waals surface area contributed by atoms with Gasteiger partial charge in [0.05, 0.1) is 20.8 Å². The van der Waals surface area contributed by atoms with Crippen molar-refractivity contribution in [1.82, 2.24) is 4.98 Å². The van der Waals surface area contributed by atoms with Crippen LogP contribution in [0.15, 0.2) is 83.8 Å². The quantitative estimate of drug-likeness (QED) is 0.310. The molecule has 0 saturated heterocycles. The molecule has 1 heterocycles. The Hall–Kier alpha value is -3.96. The first-order chi connectivity index (χ1) is 17.4. The Morgan fingerprint density at radius 1 is 0.944 bits per heavy atom. The Kier molecular flexibility index (Phi) is 7.81. The van der Waals surface area contributed by atoms with E-state index in [9.17, 15) is 18.0 Å². The Bertz CT molecular complexity index is 1420. The van der Waals surface area contributed by atoms with E-state index < -0.39 is 35.1 Å². The van der Waals surface area contributed by atoms with Crippen molar-refractivity contribution in [2.24, 2.45) is 0 Å². The number of benzene rings is 3. The number of sulfonamides is 1. The summed E-state index contributed by atoms with van der Waals surface area (Å²) >= 11 is 1.32. The number of rotatable bonds is 10. The summed E-state index contributed by atoms with van der Waals surface area (Å²) in [6.07, 6.45) is 0. The van der Waals surface area contributed by atoms with Gasteiger partial charge in [-0.05, 0) is 55.5 Å². The topological polar surface area (TPSA) is 115 Å². The van der Waals surface area contributed by atoms with Crippen molar-refractivity contribution in [2.45, 2.75) is 11.8 Å². The SMILES string of the molecule is CCN(c1ccc(OCC(=O)OCC(=O)Nc2nc3ccccc3s2)cc1)S(=O)(=O)c1ccccc1. The van der Waals surface area contributed by atoms with E-state index in [1.54, 1.807) is 61.5 Å². The Morgan fingerprint density at radius 3 is 2.33 bits per heavy atom. The van der Waals surface area contributed by atoms with Gasteiger partial charge in [-0.15, -0.1) is 0 Å². The number of para-hydroxylation sites is 1. The molecule has 0 aliphatic rings. The fourth-order valence-corrected chi connectivity index (χ4v) is 5.71. The van der Waals surface area contributed by atoms with Crippen molar-refractivity contribution in [2.75, 3.05) is 29.4 Å². The minimum Gasteiger partial charge on any atom is -0.482 e. The van der Waals surface area contributed by atoms with Crippen LogP contribution >= 0.6 is 11.3 Å². The van der Waals surface area contributed by atoms with E-state index in [1.807, 2.05) is 24.3 Å². The maximum absolute atomic E-state index is 12.9. The van der Waals surface area contributed by atoms with Gasteiger partial charge in [0, 0.05) is 6.54 Å². The van der Waals surface area contributed by atoms with E-state index in [0.717, 1.165) is 10.2 Å². The molecule has 0 unspecified atom stereocenters. The van der Waals surface area contributed by atoms with E-state index in [2.05, 4.69) is 10.3 Å². The van der Waals surface area contributed by atoms with E-state index in [1.165, 1.54) is 15.6 Å². The van der Waals surface area contributed by atoms with Crippen molar-refractivity contribution in [3.05, 3.63) is 78.9 Å². The zero-order valence-electron chi connectivity index (χ0n) is 19.3. The summed E-state index contributed by atoms with van der Waals surface area (Å²) in [6, 6.07) is 22.0. The standard InChI is InChI=1S/C25H23N3O6S2/c1-2-28(36(31,32)20-8-4-3-5-9-20)18-12-14-19(15-13-18)33-17-24(30)34-16-23(29)27-25-26-21-10-6-7-11-22(21)35-25/h3-15H,2,16-17H2,1H3,(H,26,27,29). The Labute approximate surface area is 212 Å². The highest BCUT2D eigenvalue weighted by molar-refractivity contribution is 7.92. The molecular weight excluding hydrogens is 502 g/mol. The highest BCUT2D eigenvalue weighted by Gasteiger charge is 2.23. The van der Waals surface area contributed by atoms with Gasteiger partial charge < -0.3 is 9.47 Å². The van der Waals surface area contributed by atoms with Gasteiger partial charge in [0.25, 0.3) is 15.9 Å². The molecule has 9 nitrogen and oxygen atoms in total. The molecule has 4 rings (SSSR count). The minimum atomic E-state index is -3.71. The summed E-state index contributed by atoms with van der Waals surface area (Å²) in [7, 11) is -3.71. The van der Waals surface area contributed by atoms with E-state index in [4.69, 9.17) is 9.47 Å². The van der Waals surface area contributed by atoms with Crippen molar-refractivity contribution in [1.29, 1.82) is 0 Å². The second kappa shape index (κ2) is 11.2. The van der Waals surface area contributed by atoms with Crippen LogP contribution in [0.1, 0.15) is 6.92 Å². The third-order valence-electron chi connectivity index (χ3n) is 5.00. The maximum Gasteiger partial charge on any atom is 0.344 e. The highest BCUT2D eigenvalue weighted by Crippen LogP contribution is 2.26. The molecule has 3 aromatic carbocycles. The molecule has 0 aliphatic heterocycles. The lowest BCUT2D eigenvalue weighted by molar-refractivity contribution is -0.149. The largest absolute Gasteiger partial charge is 0.482 e. The third kappa shape index (κ3) is 5.99. The predicted molar refractivity (Wildman–Crippen MR) is 138 cm³/mol. The monoisotopic (exact) mass is 525 g/mol. The van der Waals surface area contributed by atoms with Crippen molar-refractivity contribution >= 4 is 54.3 Å². The summed E-state index contributed by atoms with van der Waals surface area (Å²) in [5.74, 6) is -0.880. The van der Waals surface area contributed by atoms with E-state index >= 15 is 0 Å². The molecule has 186 valence electrons. The molecule has 11 heteroatoms. The van der Waals surface area contributed by atoms with Gasteiger partial charge in [0.2, 0.25) is 0 Å². The first-order valence-corrected chi connectivity index (χ1v) is 13.2. The molecule has 0 bridgehead atoms. The van der Waals surface area contributed by atoms with Crippen molar-refractivity contribution in [3.8, 4) is 5.75 Å². The summed E-state index contributed by atoms with van der Waals surface area (Å²) in [5.41, 5.74) is 1.23. The first kappa shape index (κ1) is 25.1. The van der Waals surface area contributed by atoms with Crippen LogP contribution in [-0.4, -0.2) is 45.0 Å². The van der Waals surface area contributed by atoms with Crippen molar-refractivity contribution in [3.63, 3.8) is 0 Å². The maximum atomic E-state index is 12.9. The number of thiazole rings is 1. The highest BCUT2D eigenvalue weighted by atomic mass is 32.2. The fourth-order valence-electron chi connectivity index (χ4n) is 3.33. The number of ether oxygens (including phenoxy) is 2. The van der Waals surface area contributed by atoms with Crippen LogP contribution in [0.2, 0.25) is 0 Å². The zero-order chi connectivity index (χ0) is 25.5. The summed E-state index contributed by atoms with van der Waals surface area (Å²) in [6.45, 7) is 1.10. The number of aromatic nitrogens is 1. The lowest BCUT2D eigenvalue weighted by atomic mass is 10.3. The number of hydrogen-bond donors (Lipinski definition) is 1. The molecule has 0 radical (unpaired) electrons. The number of nitrogens with zero attached hydrogens (tertiary/aromatic N) is 2. The number of amides is 1. The Morgan fingerprint density at radius 2 is 1.64 bits per heavy atom. The lowest BCUT2D eigenvalue weighted by Crippen LogP contribution is -2.30. The van der Waals surface area contributed by atoms with Gasteiger partial charge >= 0.3 is 5.97 Å². The van der Waals surface area contributed by atoms with Gasteiger partial charge in [-0.1, -0.05) is 41.7 Å². The molecule has 4 aromatic rings. The van der Waals surface area contributed by atoms with Crippen LogP contribution in [-0.2, 0) is 24.3 Å². The molecule has 0 atom stereocenters. The average molecular weight is 526 g/mol. The molecule has 0 saturated carbocycles. The zero-order valence-corrected chi connectivity index (χ0v) is 20.9. The Balaban J connectivity index is 1.27. The van der Waals surface area contributed by atoms with Gasteiger partial charge in [-0.3, -0.25) is 14.4 Å². The van der Waals surface area contributed by atoms with Gasteiger partial charge in [0.1, 0.15) is 5.75 Å². The van der Waals surface area contributed by atoms with Gasteiger partial charge in [-0.25, -0.2) is 18.2 Å². The van der Waals surface area contributed by atoms with Crippen LogP contribution in [0.4, 0.5) is 10.8 Å². The van der Waals surface area contributed by atoms with Crippen LogP contribution in [0.3, 0.4) is 0 Å². The number of esters is 1. The average Bonchev–Trinajstić information content (AvgIpc) is 3.30. The molecule has 0 fully saturated rings. The first-order valence-electron chi connectivity index (χ1n) is 11.0. The van der Waals surface area contributed by atoms with E-state index in [-0.39, 0.29) is 11.4 Å².